The summed E-state index contributed by atoms with van der Waals surface area (Å²) in [7, 11) is -2.01. The second-order valence-corrected chi connectivity index (χ2v) is 12.8. The molecule has 2 aromatic heterocycles. The highest BCUT2D eigenvalue weighted by Gasteiger charge is 2.44. The van der Waals surface area contributed by atoms with Crippen LogP contribution in [0.25, 0.3) is 27.7 Å². The van der Waals surface area contributed by atoms with E-state index in [1.165, 1.54) is 21.3 Å². The number of nitrogens with zero attached hydrogens (tertiary/aromatic N) is 3. The summed E-state index contributed by atoms with van der Waals surface area (Å²) in [5, 5.41) is 0.185. The number of likely N-dealkylation sites (tertiary alicyclic amines) is 1. The Bertz CT molecular complexity index is 1520. The number of ether oxygens (including phenoxy) is 2. The van der Waals surface area contributed by atoms with Gasteiger partial charge in [0.05, 0.1) is 7.11 Å². The van der Waals surface area contributed by atoms with E-state index in [-0.39, 0.29) is 25.5 Å². The van der Waals surface area contributed by atoms with Crippen LogP contribution in [0.15, 0.2) is 42.6 Å². The maximum atomic E-state index is 14.0. The second kappa shape index (κ2) is 9.70. The van der Waals surface area contributed by atoms with Crippen molar-refractivity contribution in [2.45, 2.75) is 38.0 Å². The lowest BCUT2D eigenvalue weighted by Crippen LogP contribution is -2.60. The highest BCUT2D eigenvalue weighted by atomic mass is 32.2. The van der Waals surface area contributed by atoms with E-state index < -0.39 is 27.0 Å². The van der Waals surface area contributed by atoms with Crippen molar-refractivity contribution in [3.63, 3.8) is 0 Å². The summed E-state index contributed by atoms with van der Waals surface area (Å²) in [5.74, 6) is 0.194. The van der Waals surface area contributed by atoms with Gasteiger partial charge in [-0.05, 0) is 68.7 Å². The Morgan fingerprint density at radius 3 is 2.58 bits per heavy atom. The minimum atomic E-state index is -3.55. The van der Waals surface area contributed by atoms with Crippen LogP contribution in [-0.2, 0) is 14.8 Å². The molecule has 9 nitrogen and oxygen atoms in total. The molecule has 3 aromatic rings. The van der Waals surface area contributed by atoms with Crippen LogP contribution in [0.5, 0.6) is 5.75 Å². The van der Waals surface area contributed by atoms with Crippen molar-refractivity contribution >= 4 is 32.7 Å². The lowest BCUT2D eigenvalue weighted by atomic mass is 10.0. The van der Waals surface area contributed by atoms with Gasteiger partial charge in [-0.15, -0.1) is 0 Å². The van der Waals surface area contributed by atoms with E-state index in [9.17, 15) is 17.6 Å². The molecule has 0 aliphatic carbocycles. The lowest BCUT2D eigenvalue weighted by molar-refractivity contribution is 0.0136. The molecule has 0 spiro atoms. The average molecular weight is 543 g/mol. The smallest absolute Gasteiger partial charge is 0.410 e. The maximum absolute atomic E-state index is 14.0. The molecule has 1 N–H and O–H groups in total. The predicted molar refractivity (Wildman–Crippen MR) is 143 cm³/mol. The molecule has 11 heteroatoms. The molecule has 1 amide bonds. The summed E-state index contributed by atoms with van der Waals surface area (Å²) in [5.41, 5.74) is 3.26. The van der Waals surface area contributed by atoms with Crippen molar-refractivity contribution in [3.8, 4) is 16.9 Å². The molecule has 1 aromatic carbocycles. The van der Waals surface area contributed by atoms with Crippen LogP contribution in [0.4, 0.5) is 9.18 Å². The Labute approximate surface area is 221 Å². The number of hydrogen-bond acceptors (Lipinski definition) is 6. The first-order valence-electron chi connectivity index (χ1n) is 12.4. The first-order valence-corrected chi connectivity index (χ1v) is 13.9. The van der Waals surface area contributed by atoms with E-state index in [0.29, 0.717) is 29.9 Å². The molecule has 0 saturated carbocycles. The van der Waals surface area contributed by atoms with Gasteiger partial charge in [0.25, 0.3) is 0 Å². The molecule has 1 saturated heterocycles. The fraction of sp³-hybridized carbons (Fsp3) is 0.407. The van der Waals surface area contributed by atoms with Crippen LogP contribution in [0.2, 0.25) is 0 Å². The van der Waals surface area contributed by atoms with Crippen LogP contribution in [-0.4, -0.2) is 77.8 Å². The van der Waals surface area contributed by atoms with E-state index in [4.69, 9.17) is 9.47 Å². The maximum Gasteiger partial charge on any atom is 0.410 e. The molecule has 4 heterocycles. The SMILES string of the molecule is COc1ccc(F)cc1-c1ccnc2[nH]c(C3=CCN(S(=O)(=O)C4CN(C(=O)OC(C)(C)C)C4)CC3)cc12. The zero-order chi connectivity index (χ0) is 27.2. The number of carbonyl (C=O) groups excluding carboxylic acids is 1. The van der Waals surface area contributed by atoms with Crippen LogP contribution in [0.3, 0.4) is 0 Å². The molecule has 5 rings (SSSR count). The number of sulfonamides is 1. The molecule has 0 radical (unpaired) electrons. The van der Waals surface area contributed by atoms with Gasteiger partial charge in [0.2, 0.25) is 10.0 Å². The summed E-state index contributed by atoms with van der Waals surface area (Å²) in [4.78, 5) is 21.4. The summed E-state index contributed by atoms with van der Waals surface area (Å²) in [6.07, 6.45) is 3.59. The summed E-state index contributed by atoms with van der Waals surface area (Å²) < 4.78 is 52.6. The van der Waals surface area contributed by atoms with Crippen molar-refractivity contribution < 1.29 is 27.1 Å². The van der Waals surface area contributed by atoms with Crippen molar-refractivity contribution in [1.29, 1.82) is 0 Å². The molecular formula is C27H31FN4O5S. The zero-order valence-corrected chi connectivity index (χ0v) is 22.6. The van der Waals surface area contributed by atoms with E-state index in [2.05, 4.69) is 9.97 Å². The number of aromatic amines is 1. The van der Waals surface area contributed by atoms with E-state index in [1.807, 2.05) is 18.2 Å². The lowest BCUT2D eigenvalue weighted by Gasteiger charge is -2.41. The molecule has 2 aliphatic rings. The number of pyridine rings is 1. The predicted octanol–water partition coefficient (Wildman–Crippen LogP) is 4.42. The van der Waals surface area contributed by atoms with E-state index in [1.54, 1.807) is 40.1 Å². The van der Waals surface area contributed by atoms with Gasteiger partial charge in [0, 0.05) is 49.0 Å². The topological polar surface area (TPSA) is 105 Å². The monoisotopic (exact) mass is 542 g/mol. The van der Waals surface area contributed by atoms with Crippen molar-refractivity contribution in [2.24, 2.45) is 0 Å². The van der Waals surface area contributed by atoms with Crippen LogP contribution >= 0.6 is 0 Å². The Hall–Kier alpha value is -3.44. The number of rotatable bonds is 5. The first-order chi connectivity index (χ1) is 18.0. The van der Waals surface area contributed by atoms with Crippen molar-refractivity contribution in [2.75, 3.05) is 33.3 Å². The Kier molecular flexibility index (Phi) is 6.68. The fourth-order valence-corrected chi connectivity index (χ4v) is 6.55. The highest BCUT2D eigenvalue weighted by Crippen LogP contribution is 2.37. The number of carbonyl (C=O) groups is 1. The number of methoxy groups -OCH3 is 1. The largest absolute Gasteiger partial charge is 0.496 e. The van der Waals surface area contributed by atoms with Gasteiger partial charge in [0.1, 0.15) is 28.1 Å². The number of hydrogen-bond donors (Lipinski definition) is 1. The Morgan fingerprint density at radius 1 is 1.16 bits per heavy atom. The molecule has 202 valence electrons. The third kappa shape index (κ3) is 5.00. The van der Waals surface area contributed by atoms with Gasteiger partial charge in [-0.25, -0.2) is 22.6 Å². The molecule has 0 unspecified atom stereocenters. The summed E-state index contributed by atoms with van der Waals surface area (Å²) in [6.45, 7) is 6.17. The van der Waals surface area contributed by atoms with Gasteiger partial charge in [0.15, 0.2) is 0 Å². The third-order valence-corrected chi connectivity index (χ3v) is 8.97. The van der Waals surface area contributed by atoms with E-state index >= 15 is 0 Å². The zero-order valence-electron chi connectivity index (χ0n) is 21.8. The molecule has 38 heavy (non-hydrogen) atoms. The molecule has 0 bridgehead atoms. The van der Waals surface area contributed by atoms with Crippen molar-refractivity contribution in [1.82, 2.24) is 19.2 Å². The quantitative estimate of drug-likeness (QED) is 0.512. The number of amides is 1. The standard InChI is InChI=1S/C27H31FN4O5S/c1-27(2,3)37-26(33)31-15-19(16-31)38(34,35)32-11-8-17(9-12-32)23-14-22-20(7-10-29-25(22)30-23)21-13-18(28)5-6-24(21)36-4/h5-8,10,13-14,19H,9,11-12,15-16H2,1-4H3,(H,29,30). The molecule has 2 aliphatic heterocycles. The minimum Gasteiger partial charge on any atom is -0.496 e. The van der Waals surface area contributed by atoms with Gasteiger partial charge in [-0.2, -0.15) is 4.31 Å². The average Bonchev–Trinajstić information content (AvgIpc) is 3.26. The van der Waals surface area contributed by atoms with E-state index in [0.717, 1.165) is 22.2 Å². The number of H-pyrrole nitrogens is 1. The fourth-order valence-electron chi connectivity index (χ4n) is 4.76. The Morgan fingerprint density at radius 2 is 1.92 bits per heavy atom. The summed E-state index contributed by atoms with van der Waals surface area (Å²) in [6, 6.07) is 8.17. The number of nitrogens with one attached hydrogen (secondary N) is 1. The molecule has 0 atom stereocenters. The summed E-state index contributed by atoms with van der Waals surface area (Å²) >= 11 is 0. The van der Waals surface area contributed by atoms with Gasteiger partial charge >= 0.3 is 6.09 Å². The highest BCUT2D eigenvalue weighted by molar-refractivity contribution is 7.89. The second-order valence-electron chi connectivity index (χ2n) is 10.5. The number of fused-ring (bicyclic) bond motifs is 1. The third-order valence-electron chi connectivity index (χ3n) is 6.78. The number of aromatic nitrogens is 2. The first kappa shape index (κ1) is 26.2. The van der Waals surface area contributed by atoms with Gasteiger partial charge in [-0.3, -0.25) is 0 Å². The van der Waals surface area contributed by atoms with Gasteiger partial charge < -0.3 is 19.4 Å². The van der Waals surface area contributed by atoms with Crippen LogP contribution in [0, 0.1) is 5.82 Å². The molecular weight excluding hydrogens is 511 g/mol. The Balaban J connectivity index is 1.31. The van der Waals surface area contributed by atoms with Crippen molar-refractivity contribution in [3.05, 3.63) is 54.1 Å². The minimum absolute atomic E-state index is 0.129. The van der Waals surface area contributed by atoms with Gasteiger partial charge in [-0.1, -0.05) is 6.08 Å². The normalized spacial score (nSPS) is 17.3. The number of halogens is 1. The van der Waals surface area contributed by atoms with Crippen LogP contribution < -0.4 is 4.74 Å². The van der Waals surface area contributed by atoms with Crippen LogP contribution in [0.1, 0.15) is 32.9 Å². The molecule has 1 fully saturated rings. The number of benzene rings is 1.